The molecule has 0 aliphatic heterocycles. The summed E-state index contributed by atoms with van der Waals surface area (Å²) in [4.78, 5) is 32.7. The largest absolute Gasteiger partial charge is 0.442 e. The van der Waals surface area contributed by atoms with Crippen LogP contribution in [0.25, 0.3) is 11.1 Å². The molecule has 1 amide bonds. The molecule has 1 fully saturated rings. The Kier molecular flexibility index (Phi) is 4.04. The Labute approximate surface area is 168 Å². The van der Waals surface area contributed by atoms with E-state index >= 15 is 0 Å². The fourth-order valence-corrected chi connectivity index (χ4v) is 3.90. The zero-order chi connectivity index (χ0) is 20.2. The van der Waals surface area contributed by atoms with Gasteiger partial charge in [-0.2, -0.15) is 0 Å². The van der Waals surface area contributed by atoms with E-state index in [1.54, 1.807) is 18.9 Å². The van der Waals surface area contributed by atoms with Gasteiger partial charge in [-0.3, -0.25) is 4.79 Å². The van der Waals surface area contributed by atoms with Crippen LogP contribution in [0.15, 0.2) is 16.9 Å². The van der Waals surface area contributed by atoms with Gasteiger partial charge in [-0.15, -0.1) is 0 Å². The van der Waals surface area contributed by atoms with Gasteiger partial charge in [-0.1, -0.05) is 0 Å². The van der Waals surface area contributed by atoms with Crippen molar-refractivity contribution in [2.24, 2.45) is 0 Å². The molecular weight excluding hydrogens is 368 g/mol. The zero-order valence-electron chi connectivity index (χ0n) is 16.9. The molecule has 29 heavy (non-hydrogen) atoms. The molecule has 2 aliphatic rings. The lowest BCUT2D eigenvalue weighted by Crippen LogP contribution is -2.28. The molecule has 0 unspecified atom stereocenters. The van der Waals surface area contributed by atoms with Crippen molar-refractivity contribution in [2.75, 3.05) is 12.4 Å². The van der Waals surface area contributed by atoms with Gasteiger partial charge >= 0.3 is 0 Å². The molecule has 3 aromatic heterocycles. The maximum atomic E-state index is 13.3. The van der Waals surface area contributed by atoms with Gasteiger partial charge in [-0.05, 0) is 51.5 Å². The van der Waals surface area contributed by atoms with Crippen molar-refractivity contribution >= 4 is 22.8 Å². The van der Waals surface area contributed by atoms with Gasteiger partial charge in [0.05, 0.1) is 17.5 Å². The minimum atomic E-state index is -0.149. The van der Waals surface area contributed by atoms with Crippen LogP contribution in [0.1, 0.15) is 59.4 Å². The van der Waals surface area contributed by atoms with Crippen LogP contribution in [-0.2, 0) is 19.4 Å². The van der Waals surface area contributed by atoms with Crippen molar-refractivity contribution in [3.63, 3.8) is 0 Å². The van der Waals surface area contributed by atoms with Crippen molar-refractivity contribution in [3.8, 4) is 0 Å². The summed E-state index contributed by atoms with van der Waals surface area (Å²) in [6, 6.07) is 0. The highest BCUT2D eigenvalue weighted by molar-refractivity contribution is 6.10. The van der Waals surface area contributed by atoms with E-state index in [9.17, 15) is 4.79 Å². The standard InChI is InChI=1S/C21H24N6O2/c1-12-16(17-18(26-21(2)7-8-21)23-11-24-19(17)29-12)20(28)27(3)10-15-22-9-13-5-4-6-14(13)25-15/h9,11H,4-8,10H2,1-3H3,(H,23,24,26). The summed E-state index contributed by atoms with van der Waals surface area (Å²) in [5.74, 6) is 1.70. The van der Waals surface area contributed by atoms with E-state index in [0.29, 0.717) is 40.6 Å². The Morgan fingerprint density at radius 2 is 2.10 bits per heavy atom. The molecule has 0 bridgehead atoms. The monoisotopic (exact) mass is 392 g/mol. The Hall–Kier alpha value is -3.03. The van der Waals surface area contributed by atoms with Crippen LogP contribution >= 0.6 is 0 Å². The predicted molar refractivity (Wildman–Crippen MR) is 108 cm³/mol. The normalized spacial score (nSPS) is 16.7. The third kappa shape index (κ3) is 3.22. The van der Waals surface area contributed by atoms with Crippen LogP contribution in [0.2, 0.25) is 0 Å². The zero-order valence-corrected chi connectivity index (χ0v) is 16.9. The van der Waals surface area contributed by atoms with Crippen LogP contribution < -0.4 is 5.32 Å². The second kappa shape index (κ2) is 6.50. The number of aryl methyl sites for hydroxylation is 3. The molecule has 8 heteroatoms. The number of hydrogen-bond acceptors (Lipinski definition) is 7. The van der Waals surface area contributed by atoms with Crippen LogP contribution in [0, 0.1) is 6.92 Å². The van der Waals surface area contributed by atoms with E-state index in [-0.39, 0.29) is 11.4 Å². The quantitative estimate of drug-likeness (QED) is 0.713. The molecule has 8 nitrogen and oxygen atoms in total. The van der Waals surface area contributed by atoms with E-state index < -0.39 is 0 Å². The van der Waals surface area contributed by atoms with Gasteiger partial charge < -0.3 is 14.6 Å². The van der Waals surface area contributed by atoms with Crippen LogP contribution in [0.5, 0.6) is 0 Å². The summed E-state index contributed by atoms with van der Waals surface area (Å²) < 4.78 is 5.79. The minimum Gasteiger partial charge on any atom is -0.442 e. The molecule has 3 aromatic rings. The molecule has 3 heterocycles. The third-order valence-electron chi connectivity index (χ3n) is 5.89. The topological polar surface area (TPSA) is 97.0 Å². The number of furan rings is 1. The van der Waals surface area contributed by atoms with E-state index in [1.807, 2.05) is 6.20 Å². The number of anilines is 1. The number of amides is 1. The first kappa shape index (κ1) is 18.0. The van der Waals surface area contributed by atoms with E-state index in [0.717, 1.165) is 37.8 Å². The van der Waals surface area contributed by atoms with Crippen molar-refractivity contribution < 1.29 is 9.21 Å². The van der Waals surface area contributed by atoms with Crippen molar-refractivity contribution in [3.05, 3.63) is 40.9 Å². The Balaban J connectivity index is 1.46. The number of carbonyl (C=O) groups excluding carboxylic acids is 1. The number of carbonyl (C=O) groups is 1. The number of hydrogen-bond donors (Lipinski definition) is 1. The molecule has 1 saturated carbocycles. The average Bonchev–Trinajstić information content (AvgIpc) is 3.10. The molecule has 2 aliphatic carbocycles. The first-order valence-electron chi connectivity index (χ1n) is 10.0. The summed E-state index contributed by atoms with van der Waals surface area (Å²) in [6.45, 7) is 4.27. The van der Waals surface area contributed by atoms with Crippen molar-refractivity contribution in [1.82, 2.24) is 24.8 Å². The van der Waals surface area contributed by atoms with Gasteiger partial charge in [0.15, 0.2) is 0 Å². The Morgan fingerprint density at radius 3 is 2.90 bits per heavy atom. The first-order chi connectivity index (χ1) is 13.9. The number of aromatic nitrogens is 4. The van der Waals surface area contributed by atoms with Crippen LogP contribution in [0.3, 0.4) is 0 Å². The fourth-order valence-electron chi connectivity index (χ4n) is 3.90. The highest BCUT2D eigenvalue weighted by Crippen LogP contribution is 2.40. The number of nitrogens with one attached hydrogen (secondary N) is 1. The maximum absolute atomic E-state index is 13.3. The smallest absolute Gasteiger partial charge is 0.258 e. The number of rotatable bonds is 5. The second-order valence-corrected chi connectivity index (χ2v) is 8.39. The molecule has 0 radical (unpaired) electrons. The fraction of sp³-hybridized carbons (Fsp3) is 0.476. The molecule has 1 N–H and O–H groups in total. The number of fused-ring (bicyclic) bond motifs is 2. The predicted octanol–water partition coefficient (Wildman–Crippen LogP) is 3.05. The molecule has 0 saturated heterocycles. The van der Waals surface area contributed by atoms with E-state index in [1.165, 1.54) is 11.9 Å². The van der Waals surface area contributed by atoms with Gasteiger partial charge in [-0.25, -0.2) is 19.9 Å². The Morgan fingerprint density at radius 1 is 1.28 bits per heavy atom. The first-order valence-corrected chi connectivity index (χ1v) is 10.0. The molecule has 0 spiro atoms. The lowest BCUT2D eigenvalue weighted by molar-refractivity contribution is 0.0781. The summed E-state index contributed by atoms with van der Waals surface area (Å²) >= 11 is 0. The Bertz CT molecular complexity index is 1120. The van der Waals surface area contributed by atoms with Gasteiger partial charge in [0.2, 0.25) is 5.71 Å². The summed E-state index contributed by atoms with van der Waals surface area (Å²) in [6.07, 6.45) is 8.67. The summed E-state index contributed by atoms with van der Waals surface area (Å²) in [5, 5.41) is 4.10. The molecule has 0 atom stereocenters. The van der Waals surface area contributed by atoms with Crippen LogP contribution in [0.4, 0.5) is 5.82 Å². The highest BCUT2D eigenvalue weighted by atomic mass is 16.3. The molecule has 150 valence electrons. The average molecular weight is 392 g/mol. The van der Waals surface area contributed by atoms with E-state index in [2.05, 4.69) is 32.2 Å². The second-order valence-electron chi connectivity index (χ2n) is 8.39. The summed E-state index contributed by atoms with van der Waals surface area (Å²) in [5.41, 5.74) is 3.28. The van der Waals surface area contributed by atoms with Crippen LogP contribution in [-0.4, -0.2) is 43.3 Å². The minimum absolute atomic E-state index is 0.0247. The van der Waals surface area contributed by atoms with E-state index in [4.69, 9.17) is 4.42 Å². The lowest BCUT2D eigenvalue weighted by atomic mass is 10.1. The van der Waals surface area contributed by atoms with Gasteiger partial charge in [0.25, 0.3) is 5.91 Å². The third-order valence-corrected chi connectivity index (χ3v) is 5.89. The highest BCUT2D eigenvalue weighted by Gasteiger charge is 2.38. The number of nitrogens with zero attached hydrogens (tertiary/aromatic N) is 5. The van der Waals surface area contributed by atoms with Crippen molar-refractivity contribution in [2.45, 2.75) is 58.0 Å². The van der Waals surface area contributed by atoms with Gasteiger partial charge in [0.1, 0.15) is 23.7 Å². The molecule has 0 aromatic carbocycles. The van der Waals surface area contributed by atoms with Crippen molar-refractivity contribution in [1.29, 1.82) is 0 Å². The lowest BCUT2D eigenvalue weighted by Gasteiger charge is -2.17. The molecular formula is C21H24N6O2. The van der Waals surface area contributed by atoms with Gasteiger partial charge in [0, 0.05) is 24.5 Å². The summed E-state index contributed by atoms with van der Waals surface area (Å²) in [7, 11) is 1.76. The maximum Gasteiger partial charge on any atom is 0.258 e. The molecule has 5 rings (SSSR count). The SMILES string of the molecule is Cc1oc2ncnc(NC3(C)CC3)c2c1C(=O)N(C)Cc1ncc2c(n1)CCC2.